The zero-order valence-corrected chi connectivity index (χ0v) is 14.6. The Labute approximate surface area is 143 Å². The van der Waals surface area contributed by atoms with E-state index in [1.54, 1.807) is 12.1 Å². The molecule has 0 aliphatic carbocycles. The molecule has 0 radical (unpaired) electrons. The van der Waals surface area contributed by atoms with Gasteiger partial charge in [-0.25, -0.2) is 9.37 Å². The average Bonchev–Trinajstić information content (AvgIpc) is 2.88. The highest BCUT2D eigenvalue weighted by molar-refractivity contribution is 7.21. The molecule has 1 amide bonds. The van der Waals surface area contributed by atoms with Gasteiger partial charge in [0.2, 0.25) is 0 Å². The van der Waals surface area contributed by atoms with Gasteiger partial charge in [-0.15, -0.1) is 11.3 Å². The monoisotopic (exact) mass is 343 g/mol. The number of rotatable bonds is 3. The molecule has 3 rings (SSSR count). The maximum atomic E-state index is 12.9. The van der Waals surface area contributed by atoms with Gasteiger partial charge in [-0.05, 0) is 49.6 Å². The number of thiophene rings is 1. The molecule has 0 spiro atoms. The number of benzene rings is 1. The molecule has 124 valence electrons. The number of carbonyl (C=O) groups is 1. The highest BCUT2D eigenvalue weighted by atomic mass is 32.1. The van der Waals surface area contributed by atoms with Crippen molar-refractivity contribution in [1.82, 2.24) is 10.3 Å². The molecule has 3 N–H and O–H groups in total. The van der Waals surface area contributed by atoms with Crippen molar-refractivity contribution in [2.45, 2.75) is 27.3 Å². The van der Waals surface area contributed by atoms with Crippen molar-refractivity contribution in [3.05, 3.63) is 57.3 Å². The molecule has 2 aromatic heterocycles. The third kappa shape index (κ3) is 2.85. The Bertz CT molecular complexity index is 932. The number of amides is 1. The number of aryl methyl sites for hydroxylation is 2. The Kier molecular flexibility index (Phi) is 4.24. The number of fused-ring (bicyclic) bond motifs is 1. The smallest absolute Gasteiger partial charge is 0.263 e. The Morgan fingerprint density at radius 1 is 1.21 bits per heavy atom. The lowest BCUT2D eigenvalue weighted by atomic mass is 10.1. The summed E-state index contributed by atoms with van der Waals surface area (Å²) in [5, 5.41) is 3.68. The molecule has 0 aliphatic rings. The Balaban J connectivity index is 1.88. The second kappa shape index (κ2) is 6.20. The van der Waals surface area contributed by atoms with E-state index in [0.29, 0.717) is 17.1 Å². The standard InChI is InChI=1S/C18H18FN3OS/c1-9-10(2)14-15(20)16(24-18(14)22-11(9)3)17(23)21-8-12-4-6-13(19)7-5-12/h4-7H,8,20H2,1-3H3,(H,21,23). The molecule has 0 atom stereocenters. The summed E-state index contributed by atoms with van der Waals surface area (Å²) in [5.74, 6) is -0.541. The van der Waals surface area contributed by atoms with Crippen molar-refractivity contribution in [2.24, 2.45) is 0 Å². The SMILES string of the molecule is Cc1nc2sc(C(=O)NCc3ccc(F)cc3)c(N)c2c(C)c1C. The lowest BCUT2D eigenvalue weighted by Gasteiger charge is -2.06. The minimum atomic E-state index is -0.300. The molecule has 0 saturated carbocycles. The van der Waals surface area contributed by atoms with Crippen LogP contribution in [-0.2, 0) is 6.54 Å². The van der Waals surface area contributed by atoms with Gasteiger partial charge in [0.1, 0.15) is 15.5 Å². The van der Waals surface area contributed by atoms with Crippen LogP contribution in [0.5, 0.6) is 0 Å². The highest BCUT2D eigenvalue weighted by Gasteiger charge is 2.20. The molecule has 0 saturated heterocycles. The second-order valence-electron chi connectivity index (χ2n) is 5.78. The maximum Gasteiger partial charge on any atom is 0.263 e. The van der Waals surface area contributed by atoms with E-state index >= 15 is 0 Å². The van der Waals surface area contributed by atoms with E-state index < -0.39 is 0 Å². The molecule has 24 heavy (non-hydrogen) atoms. The van der Waals surface area contributed by atoms with Crippen molar-refractivity contribution in [2.75, 3.05) is 5.73 Å². The van der Waals surface area contributed by atoms with E-state index in [2.05, 4.69) is 10.3 Å². The van der Waals surface area contributed by atoms with Crippen LogP contribution in [0.2, 0.25) is 0 Å². The van der Waals surface area contributed by atoms with Crippen LogP contribution in [0.1, 0.15) is 32.1 Å². The van der Waals surface area contributed by atoms with Crippen LogP contribution >= 0.6 is 11.3 Å². The first-order valence-electron chi connectivity index (χ1n) is 7.57. The molecule has 0 aliphatic heterocycles. The highest BCUT2D eigenvalue weighted by Crippen LogP contribution is 2.36. The quantitative estimate of drug-likeness (QED) is 0.758. The van der Waals surface area contributed by atoms with Crippen molar-refractivity contribution in [3.8, 4) is 0 Å². The van der Waals surface area contributed by atoms with E-state index in [0.717, 1.165) is 32.6 Å². The number of nitrogens with zero attached hydrogens (tertiary/aromatic N) is 1. The first kappa shape index (κ1) is 16.4. The second-order valence-corrected chi connectivity index (χ2v) is 6.78. The van der Waals surface area contributed by atoms with E-state index in [9.17, 15) is 9.18 Å². The summed E-state index contributed by atoms with van der Waals surface area (Å²) in [4.78, 5) is 18.3. The molecule has 2 heterocycles. The van der Waals surface area contributed by atoms with E-state index in [-0.39, 0.29) is 11.7 Å². The number of aromatic nitrogens is 1. The summed E-state index contributed by atoms with van der Waals surface area (Å²) < 4.78 is 12.9. The summed E-state index contributed by atoms with van der Waals surface area (Å²) in [6, 6.07) is 6.02. The summed E-state index contributed by atoms with van der Waals surface area (Å²) in [6.07, 6.45) is 0. The van der Waals surface area contributed by atoms with Crippen LogP contribution in [0, 0.1) is 26.6 Å². The number of pyridine rings is 1. The van der Waals surface area contributed by atoms with Gasteiger partial charge in [0.15, 0.2) is 0 Å². The third-order valence-electron chi connectivity index (χ3n) is 4.25. The van der Waals surface area contributed by atoms with Gasteiger partial charge in [0.05, 0.1) is 5.69 Å². The van der Waals surface area contributed by atoms with Crippen LogP contribution < -0.4 is 11.1 Å². The summed E-state index contributed by atoms with van der Waals surface area (Å²) in [5.41, 5.74) is 10.6. The lowest BCUT2D eigenvalue weighted by molar-refractivity contribution is 0.0956. The van der Waals surface area contributed by atoms with Gasteiger partial charge in [0, 0.05) is 17.6 Å². The van der Waals surface area contributed by atoms with Gasteiger partial charge in [-0.1, -0.05) is 12.1 Å². The van der Waals surface area contributed by atoms with Crippen LogP contribution in [0.3, 0.4) is 0 Å². The fourth-order valence-corrected chi connectivity index (χ4v) is 3.72. The Hall–Kier alpha value is -2.47. The molecule has 4 nitrogen and oxygen atoms in total. The molecular formula is C18H18FN3OS. The molecule has 0 fully saturated rings. The molecule has 0 bridgehead atoms. The fourth-order valence-electron chi connectivity index (χ4n) is 2.60. The number of anilines is 1. The minimum absolute atomic E-state index is 0.241. The van der Waals surface area contributed by atoms with Crippen LogP contribution in [0.4, 0.5) is 10.1 Å². The number of nitrogens with one attached hydrogen (secondary N) is 1. The van der Waals surface area contributed by atoms with Crippen LogP contribution in [-0.4, -0.2) is 10.9 Å². The van der Waals surface area contributed by atoms with Crippen LogP contribution in [0.25, 0.3) is 10.2 Å². The number of carbonyl (C=O) groups excluding carboxylic acids is 1. The van der Waals surface area contributed by atoms with Crippen molar-refractivity contribution < 1.29 is 9.18 Å². The largest absolute Gasteiger partial charge is 0.397 e. The van der Waals surface area contributed by atoms with E-state index in [1.165, 1.54) is 23.5 Å². The van der Waals surface area contributed by atoms with Gasteiger partial charge in [0.25, 0.3) is 5.91 Å². The van der Waals surface area contributed by atoms with E-state index in [4.69, 9.17) is 5.73 Å². The maximum absolute atomic E-state index is 12.9. The minimum Gasteiger partial charge on any atom is -0.397 e. The summed E-state index contributed by atoms with van der Waals surface area (Å²) >= 11 is 1.30. The van der Waals surface area contributed by atoms with Gasteiger partial charge in [-0.2, -0.15) is 0 Å². The Morgan fingerprint density at radius 2 is 1.88 bits per heavy atom. The molecule has 3 aromatic rings. The van der Waals surface area contributed by atoms with Crippen molar-refractivity contribution in [1.29, 1.82) is 0 Å². The number of halogens is 1. The number of hydrogen-bond acceptors (Lipinski definition) is 4. The van der Waals surface area contributed by atoms with Crippen LogP contribution in [0.15, 0.2) is 24.3 Å². The van der Waals surface area contributed by atoms with Gasteiger partial charge >= 0.3 is 0 Å². The van der Waals surface area contributed by atoms with Gasteiger partial charge in [-0.3, -0.25) is 4.79 Å². The summed E-state index contributed by atoms with van der Waals surface area (Å²) in [6.45, 7) is 6.27. The molecule has 1 aromatic carbocycles. The first-order chi connectivity index (χ1) is 11.4. The normalized spacial score (nSPS) is 11.0. The predicted molar refractivity (Wildman–Crippen MR) is 95.8 cm³/mol. The zero-order valence-electron chi connectivity index (χ0n) is 13.7. The number of hydrogen-bond donors (Lipinski definition) is 2. The average molecular weight is 343 g/mol. The molecular weight excluding hydrogens is 325 g/mol. The number of nitrogens with two attached hydrogens (primary N) is 1. The molecule has 0 unspecified atom stereocenters. The number of nitrogen functional groups attached to an aromatic ring is 1. The first-order valence-corrected chi connectivity index (χ1v) is 8.38. The van der Waals surface area contributed by atoms with Crippen molar-refractivity contribution in [3.63, 3.8) is 0 Å². The lowest BCUT2D eigenvalue weighted by Crippen LogP contribution is -2.22. The predicted octanol–water partition coefficient (Wildman–Crippen LogP) is 3.87. The molecule has 6 heteroatoms. The zero-order chi connectivity index (χ0) is 17.4. The fraction of sp³-hybridized carbons (Fsp3) is 0.222. The third-order valence-corrected chi connectivity index (χ3v) is 5.35. The van der Waals surface area contributed by atoms with Gasteiger partial charge < -0.3 is 11.1 Å². The summed E-state index contributed by atoms with van der Waals surface area (Å²) in [7, 11) is 0. The van der Waals surface area contributed by atoms with Crippen molar-refractivity contribution >= 4 is 33.1 Å². The Morgan fingerprint density at radius 3 is 2.54 bits per heavy atom. The van der Waals surface area contributed by atoms with E-state index in [1.807, 2.05) is 20.8 Å². The topological polar surface area (TPSA) is 68.0 Å².